The number of ketones is 1. The summed E-state index contributed by atoms with van der Waals surface area (Å²) in [4.78, 5) is 11.6. The van der Waals surface area contributed by atoms with E-state index in [2.05, 4.69) is 5.32 Å². The van der Waals surface area contributed by atoms with Crippen LogP contribution in [0.3, 0.4) is 0 Å². The zero-order chi connectivity index (χ0) is 8.84. The molecule has 0 bridgehead atoms. The summed E-state index contributed by atoms with van der Waals surface area (Å²) in [5, 5.41) is 3.58. The van der Waals surface area contributed by atoms with Crippen LogP contribution >= 0.6 is 0 Å². The molecule has 1 aliphatic heterocycles. The third-order valence-corrected chi connectivity index (χ3v) is 3.73. The molecular formula is C11H17NO. The van der Waals surface area contributed by atoms with Gasteiger partial charge in [0.2, 0.25) is 0 Å². The smallest absolute Gasteiger partial charge is 0.150 e. The van der Waals surface area contributed by atoms with Crippen molar-refractivity contribution in [2.24, 2.45) is 11.8 Å². The molecule has 1 saturated heterocycles. The van der Waals surface area contributed by atoms with Gasteiger partial charge in [0.1, 0.15) is 5.78 Å². The molecule has 2 atom stereocenters. The van der Waals surface area contributed by atoms with Crippen molar-refractivity contribution in [2.45, 2.75) is 50.6 Å². The Morgan fingerprint density at radius 3 is 2.31 bits per heavy atom. The van der Waals surface area contributed by atoms with Crippen LogP contribution in [0, 0.1) is 11.8 Å². The van der Waals surface area contributed by atoms with Gasteiger partial charge in [-0.2, -0.15) is 0 Å². The highest BCUT2D eigenvalue weighted by atomic mass is 16.1. The number of hydrogen-bond donors (Lipinski definition) is 1. The molecule has 1 heterocycles. The minimum atomic E-state index is 0.249. The fourth-order valence-electron chi connectivity index (χ4n) is 2.56. The van der Waals surface area contributed by atoms with Gasteiger partial charge in [-0.3, -0.25) is 4.79 Å². The fraction of sp³-hybridized carbons (Fsp3) is 0.909. The molecule has 0 aromatic carbocycles. The minimum Gasteiger partial charge on any atom is -0.304 e. The van der Waals surface area contributed by atoms with Crippen molar-refractivity contribution in [3.63, 3.8) is 0 Å². The Morgan fingerprint density at radius 2 is 1.69 bits per heavy atom. The van der Waals surface area contributed by atoms with E-state index in [1.165, 1.54) is 25.7 Å². The average Bonchev–Trinajstić information content (AvgIpc) is 3.00. The number of nitrogens with one attached hydrogen (secondary N) is 1. The van der Waals surface area contributed by atoms with Crippen molar-refractivity contribution in [1.82, 2.24) is 5.32 Å². The van der Waals surface area contributed by atoms with Gasteiger partial charge in [0, 0.05) is 12.5 Å². The van der Waals surface area contributed by atoms with Gasteiger partial charge in [0.25, 0.3) is 0 Å². The molecule has 2 heteroatoms. The van der Waals surface area contributed by atoms with E-state index in [0.29, 0.717) is 17.7 Å². The lowest BCUT2D eigenvalue weighted by molar-refractivity contribution is -0.123. The monoisotopic (exact) mass is 179 g/mol. The zero-order valence-corrected chi connectivity index (χ0v) is 7.96. The molecule has 0 aromatic rings. The van der Waals surface area contributed by atoms with E-state index in [0.717, 1.165) is 18.8 Å². The molecule has 2 nitrogen and oxygen atoms in total. The quantitative estimate of drug-likeness (QED) is 0.696. The van der Waals surface area contributed by atoms with Crippen LogP contribution in [0.5, 0.6) is 0 Å². The molecule has 3 rings (SSSR count). The van der Waals surface area contributed by atoms with E-state index in [4.69, 9.17) is 0 Å². The largest absolute Gasteiger partial charge is 0.304 e. The predicted molar refractivity (Wildman–Crippen MR) is 50.4 cm³/mol. The highest BCUT2D eigenvalue weighted by Crippen LogP contribution is 2.40. The Kier molecular flexibility index (Phi) is 1.72. The second-order valence-corrected chi connectivity index (χ2v) is 4.93. The Bertz CT molecular complexity index is 230. The molecule has 72 valence electrons. The molecule has 2 unspecified atom stereocenters. The lowest BCUT2D eigenvalue weighted by Gasteiger charge is -2.30. The molecule has 3 aliphatic rings. The standard InChI is InChI=1S/C11H17NO/c13-10-6-5-9(7-1-2-7)12-11(10)8-3-4-8/h7-9,11-12H,1-6H2. The first-order chi connectivity index (χ1) is 6.34. The normalized spacial score (nSPS) is 40.8. The summed E-state index contributed by atoms with van der Waals surface area (Å²) in [6.45, 7) is 0. The Hall–Kier alpha value is -0.370. The van der Waals surface area contributed by atoms with Gasteiger partial charge in [-0.1, -0.05) is 0 Å². The summed E-state index contributed by atoms with van der Waals surface area (Å²) >= 11 is 0. The van der Waals surface area contributed by atoms with Crippen LogP contribution in [0.2, 0.25) is 0 Å². The van der Waals surface area contributed by atoms with Gasteiger partial charge in [-0.25, -0.2) is 0 Å². The summed E-state index contributed by atoms with van der Waals surface area (Å²) < 4.78 is 0. The van der Waals surface area contributed by atoms with Crippen molar-refractivity contribution in [1.29, 1.82) is 0 Å². The van der Waals surface area contributed by atoms with Crippen LogP contribution in [-0.4, -0.2) is 17.9 Å². The summed E-state index contributed by atoms with van der Waals surface area (Å²) in [7, 11) is 0. The first kappa shape index (κ1) is 7.98. The highest BCUT2D eigenvalue weighted by molar-refractivity contribution is 5.85. The Balaban J connectivity index is 1.66. The summed E-state index contributed by atoms with van der Waals surface area (Å²) in [5.41, 5.74) is 0. The van der Waals surface area contributed by atoms with Gasteiger partial charge >= 0.3 is 0 Å². The van der Waals surface area contributed by atoms with E-state index in [1.54, 1.807) is 0 Å². The second-order valence-electron chi connectivity index (χ2n) is 4.93. The van der Waals surface area contributed by atoms with Gasteiger partial charge in [0.15, 0.2) is 0 Å². The van der Waals surface area contributed by atoms with Gasteiger partial charge in [-0.15, -0.1) is 0 Å². The van der Waals surface area contributed by atoms with Gasteiger partial charge < -0.3 is 5.32 Å². The maximum absolute atomic E-state index is 11.6. The lowest BCUT2D eigenvalue weighted by atomic mass is 9.92. The highest BCUT2D eigenvalue weighted by Gasteiger charge is 2.43. The van der Waals surface area contributed by atoms with Crippen molar-refractivity contribution in [3.8, 4) is 0 Å². The van der Waals surface area contributed by atoms with Crippen LogP contribution in [0.15, 0.2) is 0 Å². The van der Waals surface area contributed by atoms with Crippen LogP contribution in [-0.2, 0) is 4.79 Å². The molecule has 0 aromatic heterocycles. The van der Waals surface area contributed by atoms with Crippen LogP contribution in [0.1, 0.15) is 38.5 Å². The predicted octanol–water partition coefficient (Wildman–Crippen LogP) is 1.50. The number of rotatable bonds is 2. The SMILES string of the molecule is O=C1CCC(C2CC2)NC1C1CC1. The van der Waals surface area contributed by atoms with E-state index in [-0.39, 0.29) is 6.04 Å². The van der Waals surface area contributed by atoms with E-state index in [1.807, 2.05) is 0 Å². The van der Waals surface area contributed by atoms with Crippen LogP contribution in [0.4, 0.5) is 0 Å². The number of Topliss-reactive ketones (excluding diaryl/α,β-unsaturated/α-hetero) is 1. The van der Waals surface area contributed by atoms with Gasteiger partial charge in [-0.05, 0) is 43.9 Å². The fourth-order valence-corrected chi connectivity index (χ4v) is 2.56. The molecule has 2 saturated carbocycles. The second kappa shape index (κ2) is 2.81. The van der Waals surface area contributed by atoms with Crippen molar-refractivity contribution in [3.05, 3.63) is 0 Å². The van der Waals surface area contributed by atoms with E-state index < -0.39 is 0 Å². The number of carbonyl (C=O) groups is 1. The average molecular weight is 179 g/mol. The molecular weight excluding hydrogens is 162 g/mol. The molecule has 2 aliphatic carbocycles. The number of carbonyl (C=O) groups excluding carboxylic acids is 1. The van der Waals surface area contributed by atoms with Crippen molar-refractivity contribution < 1.29 is 4.79 Å². The molecule has 0 radical (unpaired) electrons. The van der Waals surface area contributed by atoms with Crippen LogP contribution < -0.4 is 5.32 Å². The lowest BCUT2D eigenvalue weighted by Crippen LogP contribution is -2.50. The Morgan fingerprint density at radius 1 is 1.00 bits per heavy atom. The zero-order valence-electron chi connectivity index (χ0n) is 7.96. The van der Waals surface area contributed by atoms with E-state index >= 15 is 0 Å². The maximum Gasteiger partial charge on any atom is 0.150 e. The molecule has 0 amide bonds. The summed E-state index contributed by atoms with van der Waals surface area (Å²) in [6, 6.07) is 0.933. The first-order valence-electron chi connectivity index (χ1n) is 5.63. The third-order valence-electron chi connectivity index (χ3n) is 3.73. The summed E-state index contributed by atoms with van der Waals surface area (Å²) in [5.74, 6) is 2.10. The van der Waals surface area contributed by atoms with Gasteiger partial charge in [0.05, 0.1) is 6.04 Å². The maximum atomic E-state index is 11.6. The minimum absolute atomic E-state index is 0.249. The van der Waals surface area contributed by atoms with Crippen molar-refractivity contribution >= 4 is 5.78 Å². The molecule has 0 spiro atoms. The first-order valence-corrected chi connectivity index (χ1v) is 5.63. The molecule has 13 heavy (non-hydrogen) atoms. The molecule has 3 fully saturated rings. The number of piperidine rings is 1. The van der Waals surface area contributed by atoms with Crippen molar-refractivity contribution in [2.75, 3.05) is 0 Å². The van der Waals surface area contributed by atoms with Crippen LogP contribution in [0.25, 0.3) is 0 Å². The Labute approximate surface area is 79.1 Å². The van der Waals surface area contributed by atoms with E-state index in [9.17, 15) is 4.79 Å². The summed E-state index contributed by atoms with van der Waals surface area (Å²) in [6.07, 6.45) is 7.29. The third kappa shape index (κ3) is 1.52. The molecule has 1 N–H and O–H groups in total. The number of hydrogen-bond acceptors (Lipinski definition) is 2. The topological polar surface area (TPSA) is 29.1 Å².